The monoisotopic (exact) mass is 388 g/mol. The second-order valence-corrected chi connectivity index (χ2v) is 7.37. The SMILES string of the molecule is C=CC(=O)N1CCC(CC(=O)Nc2ccccc2-c2nc3ccccc3[nH]2)CC1. The smallest absolute Gasteiger partial charge is 0.245 e. The third kappa shape index (κ3) is 4.21. The molecule has 2 amide bonds. The Morgan fingerprint density at radius 1 is 1.14 bits per heavy atom. The van der Waals surface area contributed by atoms with Gasteiger partial charge in [-0.2, -0.15) is 0 Å². The number of fused-ring (bicyclic) bond motifs is 1. The summed E-state index contributed by atoms with van der Waals surface area (Å²) in [6.07, 6.45) is 3.46. The molecule has 3 aromatic rings. The molecule has 1 aromatic heterocycles. The minimum absolute atomic E-state index is 0.0120. The zero-order valence-electron chi connectivity index (χ0n) is 16.2. The Bertz CT molecular complexity index is 1010. The van der Waals surface area contributed by atoms with Gasteiger partial charge in [-0.25, -0.2) is 4.98 Å². The van der Waals surface area contributed by atoms with E-state index in [1.807, 2.05) is 48.5 Å². The van der Waals surface area contributed by atoms with E-state index in [0.717, 1.165) is 41.0 Å². The minimum Gasteiger partial charge on any atom is -0.339 e. The van der Waals surface area contributed by atoms with Crippen LogP contribution in [0.4, 0.5) is 5.69 Å². The highest BCUT2D eigenvalue weighted by Gasteiger charge is 2.23. The standard InChI is InChI=1S/C23H24N4O2/c1-2-22(29)27-13-11-16(12-14-27)15-21(28)24-18-8-4-3-7-17(18)23-25-19-9-5-6-10-20(19)26-23/h2-10,16H,1,11-15H2,(H,24,28)(H,25,26). The zero-order chi connectivity index (χ0) is 20.2. The molecule has 1 aliphatic heterocycles. The van der Waals surface area contributed by atoms with Crippen molar-refractivity contribution in [1.29, 1.82) is 0 Å². The number of amides is 2. The largest absolute Gasteiger partial charge is 0.339 e. The van der Waals surface area contributed by atoms with Gasteiger partial charge in [0.05, 0.1) is 16.7 Å². The first-order valence-electron chi connectivity index (χ1n) is 9.89. The third-order valence-corrected chi connectivity index (χ3v) is 5.42. The lowest BCUT2D eigenvalue weighted by atomic mass is 9.93. The minimum atomic E-state index is -0.0346. The molecule has 1 saturated heterocycles. The van der Waals surface area contributed by atoms with E-state index in [1.165, 1.54) is 6.08 Å². The molecule has 1 aliphatic rings. The molecular weight excluding hydrogens is 364 g/mol. The maximum absolute atomic E-state index is 12.7. The molecule has 2 heterocycles. The number of H-pyrrole nitrogens is 1. The van der Waals surface area contributed by atoms with Crippen molar-refractivity contribution >= 4 is 28.5 Å². The molecule has 6 heteroatoms. The fraction of sp³-hybridized carbons (Fsp3) is 0.261. The Labute approximate surface area is 169 Å². The molecule has 6 nitrogen and oxygen atoms in total. The van der Waals surface area contributed by atoms with Gasteiger partial charge in [0.1, 0.15) is 5.82 Å². The van der Waals surface area contributed by atoms with Crippen LogP contribution in [-0.2, 0) is 9.59 Å². The van der Waals surface area contributed by atoms with Gasteiger partial charge in [-0.05, 0) is 49.1 Å². The maximum atomic E-state index is 12.7. The third-order valence-electron chi connectivity index (χ3n) is 5.42. The average molecular weight is 388 g/mol. The van der Waals surface area contributed by atoms with Crippen LogP contribution in [0.25, 0.3) is 22.4 Å². The summed E-state index contributed by atoms with van der Waals surface area (Å²) in [5.74, 6) is 0.968. The van der Waals surface area contributed by atoms with E-state index < -0.39 is 0 Å². The average Bonchev–Trinajstić information content (AvgIpc) is 3.18. The van der Waals surface area contributed by atoms with Gasteiger partial charge < -0.3 is 15.2 Å². The molecular formula is C23H24N4O2. The van der Waals surface area contributed by atoms with Gasteiger partial charge >= 0.3 is 0 Å². The first kappa shape index (κ1) is 18.9. The molecule has 0 spiro atoms. The van der Waals surface area contributed by atoms with Gasteiger partial charge in [-0.3, -0.25) is 9.59 Å². The second kappa shape index (κ2) is 8.31. The quantitative estimate of drug-likeness (QED) is 0.649. The Hall–Kier alpha value is -3.41. The van der Waals surface area contributed by atoms with Crippen LogP contribution in [0.1, 0.15) is 19.3 Å². The zero-order valence-corrected chi connectivity index (χ0v) is 16.2. The van der Waals surface area contributed by atoms with Gasteiger partial charge in [0.2, 0.25) is 11.8 Å². The van der Waals surface area contributed by atoms with Crippen molar-refractivity contribution in [2.24, 2.45) is 5.92 Å². The lowest BCUT2D eigenvalue weighted by molar-refractivity contribution is -0.127. The molecule has 1 fully saturated rings. The van der Waals surface area contributed by atoms with Crippen LogP contribution >= 0.6 is 0 Å². The number of hydrogen-bond acceptors (Lipinski definition) is 3. The number of carbonyl (C=O) groups excluding carboxylic acids is 2. The van der Waals surface area contributed by atoms with E-state index in [-0.39, 0.29) is 17.7 Å². The van der Waals surface area contributed by atoms with Crippen LogP contribution in [0.3, 0.4) is 0 Å². The molecule has 2 aromatic carbocycles. The lowest BCUT2D eigenvalue weighted by Gasteiger charge is -2.31. The number of nitrogens with zero attached hydrogens (tertiary/aromatic N) is 2. The molecule has 0 unspecified atom stereocenters. The van der Waals surface area contributed by atoms with Gasteiger partial charge in [0.25, 0.3) is 0 Å². The molecule has 0 bridgehead atoms. The maximum Gasteiger partial charge on any atom is 0.245 e. The van der Waals surface area contributed by atoms with Crippen molar-refractivity contribution in [2.75, 3.05) is 18.4 Å². The van der Waals surface area contributed by atoms with Gasteiger partial charge in [0, 0.05) is 25.1 Å². The highest BCUT2D eigenvalue weighted by Crippen LogP contribution is 2.28. The van der Waals surface area contributed by atoms with Crippen LogP contribution in [0.2, 0.25) is 0 Å². The second-order valence-electron chi connectivity index (χ2n) is 7.37. The van der Waals surface area contributed by atoms with Gasteiger partial charge in [-0.1, -0.05) is 30.8 Å². The van der Waals surface area contributed by atoms with Crippen molar-refractivity contribution in [3.63, 3.8) is 0 Å². The number of likely N-dealkylation sites (tertiary alicyclic amines) is 1. The molecule has 0 atom stereocenters. The van der Waals surface area contributed by atoms with E-state index in [4.69, 9.17) is 0 Å². The summed E-state index contributed by atoms with van der Waals surface area (Å²) in [5.41, 5.74) is 3.47. The molecule has 148 valence electrons. The van der Waals surface area contributed by atoms with Gasteiger partial charge in [0.15, 0.2) is 0 Å². The van der Waals surface area contributed by atoms with Crippen LogP contribution in [0, 0.1) is 5.92 Å². The highest BCUT2D eigenvalue weighted by molar-refractivity contribution is 5.95. The topological polar surface area (TPSA) is 78.1 Å². The molecule has 0 aliphatic carbocycles. The summed E-state index contributed by atoms with van der Waals surface area (Å²) < 4.78 is 0. The number of benzene rings is 2. The lowest BCUT2D eigenvalue weighted by Crippen LogP contribution is -2.38. The summed E-state index contributed by atoms with van der Waals surface area (Å²) in [5, 5.41) is 3.05. The summed E-state index contributed by atoms with van der Waals surface area (Å²) in [6.45, 7) is 4.89. The Morgan fingerprint density at radius 2 is 1.86 bits per heavy atom. The number of aromatic nitrogens is 2. The Morgan fingerprint density at radius 3 is 2.62 bits per heavy atom. The fourth-order valence-corrected chi connectivity index (χ4v) is 3.83. The fourth-order valence-electron chi connectivity index (χ4n) is 3.83. The number of carbonyl (C=O) groups is 2. The van der Waals surface area contributed by atoms with E-state index in [1.54, 1.807) is 4.90 Å². The van der Waals surface area contributed by atoms with E-state index in [2.05, 4.69) is 21.9 Å². The molecule has 0 saturated carbocycles. The summed E-state index contributed by atoms with van der Waals surface area (Å²) >= 11 is 0. The van der Waals surface area contributed by atoms with E-state index in [9.17, 15) is 9.59 Å². The first-order chi connectivity index (χ1) is 14.1. The number of para-hydroxylation sites is 3. The number of rotatable bonds is 5. The van der Waals surface area contributed by atoms with Crippen LogP contribution < -0.4 is 5.32 Å². The molecule has 29 heavy (non-hydrogen) atoms. The van der Waals surface area contributed by atoms with Crippen molar-refractivity contribution in [1.82, 2.24) is 14.9 Å². The highest BCUT2D eigenvalue weighted by atomic mass is 16.2. The van der Waals surface area contributed by atoms with E-state index in [0.29, 0.717) is 19.5 Å². The number of anilines is 1. The number of piperidine rings is 1. The number of hydrogen-bond donors (Lipinski definition) is 2. The Kier molecular flexibility index (Phi) is 5.42. The van der Waals surface area contributed by atoms with Crippen molar-refractivity contribution < 1.29 is 9.59 Å². The summed E-state index contributed by atoms with van der Waals surface area (Å²) in [4.78, 5) is 34.1. The predicted molar refractivity (Wildman–Crippen MR) is 114 cm³/mol. The first-order valence-corrected chi connectivity index (χ1v) is 9.89. The normalized spacial score (nSPS) is 14.7. The van der Waals surface area contributed by atoms with Crippen molar-refractivity contribution in [3.8, 4) is 11.4 Å². The predicted octanol–water partition coefficient (Wildman–Crippen LogP) is 3.98. The summed E-state index contributed by atoms with van der Waals surface area (Å²) in [6, 6.07) is 15.5. The summed E-state index contributed by atoms with van der Waals surface area (Å²) in [7, 11) is 0. The van der Waals surface area contributed by atoms with E-state index >= 15 is 0 Å². The molecule has 0 radical (unpaired) electrons. The van der Waals surface area contributed by atoms with Gasteiger partial charge in [-0.15, -0.1) is 0 Å². The molecule has 2 N–H and O–H groups in total. The van der Waals surface area contributed by atoms with Crippen LogP contribution in [-0.4, -0.2) is 39.8 Å². The van der Waals surface area contributed by atoms with Crippen molar-refractivity contribution in [2.45, 2.75) is 19.3 Å². The Balaban J connectivity index is 1.43. The molecule has 4 rings (SSSR count). The number of aromatic amines is 1. The van der Waals surface area contributed by atoms with Crippen molar-refractivity contribution in [3.05, 3.63) is 61.2 Å². The number of imidazole rings is 1. The van der Waals surface area contributed by atoms with Crippen LogP contribution in [0.15, 0.2) is 61.2 Å². The van der Waals surface area contributed by atoms with Crippen LogP contribution in [0.5, 0.6) is 0 Å². The number of nitrogens with one attached hydrogen (secondary N) is 2.